The van der Waals surface area contributed by atoms with Crippen LogP contribution in [0.1, 0.15) is 25.5 Å². The lowest BCUT2D eigenvalue weighted by Crippen LogP contribution is -1.99. The lowest BCUT2D eigenvalue weighted by Gasteiger charge is -2.09. The summed E-state index contributed by atoms with van der Waals surface area (Å²) in [5, 5.41) is 10.7. The highest BCUT2D eigenvalue weighted by atomic mass is 32.1. The van der Waals surface area contributed by atoms with E-state index >= 15 is 0 Å². The quantitative estimate of drug-likeness (QED) is 0.752. The average Bonchev–Trinajstić information content (AvgIpc) is 2.99. The zero-order valence-corrected chi connectivity index (χ0v) is 12.4. The second-order valence-corrected chi connectivity index (χ2v) is 5.75. The van der Waals surface area contributed by atoms with Crippen molar-refractivity contribution in [2.75, 3.05) is 12.8 Å². The van der Waals surface area contributed by atoms with Crippen molar-refractivity contribution in [1.82, 2.24) is 14.6 Å². The van der Waals surface area contributed by atoms with Gasteiger partial charge in [-0.3, -0.25) is 4.40 Å². The number of benzene rings is 1. The third-order valence-electron chi connectivity index (χ3n) is 3.23. The van der Waals surface area contributed by atoms with E-state index in [1.54, 1.807) is 18.4 Å². The van der Waals surface area contributed by atoms with E-state index in [-0.39, 0.29) is 0 Å². The van der Waals surface area contributed by atoms with Crippen LogP contribution in [0.3, 0.4) is 0 Å². The van der Waals surface area contributed by atoms with E-state index in [0.717, 1.165) is 22.1 Å². The molecule has 0 atom stereocenters. The van der Waals surface area contributed by atoms with Crippen LogP contribution in [0.15, 0.2) is 23.6 Å². The summed E-state index contributed by atoms with van der Waals surface area (Å²) in [6.45, 7) is 4.31. The van der Waals surface area contributed by atoms with Gasteiger partial charge in [-0.2, -0.15) is 0 Å². The van der Waals surface area contributed by atoms with E-state index in [1.165, 1.54) is 5.69 Å². The van der Waals surface area contributed by atoms with Crippen LogP contribution in [0.5, 0.6) is 5.75 Å². The van der Waals surface area contributed by atoms with Gasteiger partial charge in [0.2, 0.25) is 4.96 Å². The molecular formula is C14H16N4OS. The highest BCUT2D eigenvalue weighted by Crippen LogP contribution is 2.34. The maximum Gasteiger partial charge on any atom is 0.216 e. The Kier molecular flexibility index (Phi) is 3.10. The molecule has 2 heterocycles. The minimum absolute atomic E-state index is 0.394. The van der Waals surface area contributed by atoms with Crippen LogP contribution in [0.4, 0.5) is 5.69 Å². The number of hydrogen-bond donors (Lipinski definition) is 1. The number of anilines is 1. The molecule has 0 unspecified atom stereocenters. The fraction of sp³-hybridized carbons (Fsp3) is 0.286. The predicted octanol–water partition coefficient (Wildman–Crippen LogP) is 3.17. The molecule has 0 amide bonds. The molecule has 5 nitrogen and oxygen atoms in total. The van der Waals surface area contributed by atoms with Crippen molar-refractivity contribution in [2.45, 2.75) is 19.8 Å². The minimum Gasteiger partial charge on any atom is -0.496 e. The van der Waals surface area contributed by atoms with Gasteiger partial charge in [0.1, 0.15) is 5.75 Å². The summed E-state index contributed by atoms with van der Waals surface area (Å²) in [6.07, 6.45) is 0. The fourth-order valence-electron chi connectivity index (χ4n) is 2.21. The zero-order chi connectivity index (χ0) is 14.3. The smallest absolute Gasteiger partial charge is 0.216 e. The van der Waals surface area contributed by atoms with Gasteiger partial charge in [0.05, 0.1) is 12.7 Å². The van der Waals surface area contributed by atoms with Crippen LogP contribution in [0, 0.1) is 0 Å². The first-order valence-corrected chi connectivity index (χ1v) is 7.26. The number of nitrogens with two attached hydrogens (primary N) is 1. The van der Waals surface area contributed by atoms with E-state index in [2.05, 4.69) is 33.8 Å². The first-order valence-electron chi connectivity index (χ1n) is 6.38. The molecule has 0 spiro atoms. The molecule has 20 heavy (non-hydrogen) atoms. The molecule has 0 aliphatic carbocycles. The summed E-state index contributed by atoms with van der Waals surface area (Å²) in [7, 11) is 1.64. The average molecular weight is 288 g/mol. The number of nitrogens with zero attached hydrogens (tertiary/aromatic N) is 3. The summed E-state index contributed by atoms with van der Waals surface area (Å²) in [5.74, 6) is 1.91. The Labute approximate surface area is 121 Å². The van der Waals surface area contributed by atoms with Crippen molar-refractivity contribution >= 4 is 22.0 Å². The molecule has 0 saturated heterocycles. The van der Waals surface area contributed by atoms with Crippen molar-refractivity contribution in [1.29, 1.82) is 0 Å². The standard InChI is InChI=1S/C14H16N4OS/c1-8(2)11-7-20-14-17-16-13(18(11)14)10-6-9(15)4-5-12(10)19-3/h4-8H,15H2,1-3H3. The number of ether oxygens (including phenoxy) is 1. The van der Waals surface area contributed by atoms with Crippen molar-refractivity contribution in [3.8, 4) is 17.1 Å². The van der Waals surface area contributed by atoms with Crippen LogP contribution < -0.4 is 10.5 Å². The van der Waals surface area contributed by atoms with Crippen LogP contribution >= 0.6 is 11.3 Å². The molecule has 0 aliphatic heterocycles. The lowest BCUT2D eigenvalue weighted by molar-refractivity contribution is 0.416. The van der Waals surface area contributed by atoms with Gasteiger partial charge < -0.3 is 10.5 Å². The number of fused-ring (bicyclic) bond motifs is 1. The third-order valence-corrected chi connectivity index (χ3v) is 4.07. The maximum absolute atomic E-state index is 5.90. The van der Waals surface area contributed by atoms with Crippen molar-refractivity contribution in [3.05, 3.63) is 29.3 Å². The lowest BCUT2D eigenvalue weighted by atomic mass is 10.1. The van der Waals surface area contributed by atoms with Crippen LogP contribution in [0.2, 0.25) is 0 Å². The molecule has 2 aromatic heterocycles. The van der Waals surface area contributed by atoms with E-state index in [0.29, 0.717) is 11.6 Å². The number of rotatable bonds is 3. The molecular weight excluding hydrogens is 272 g/mol. The Balaban J connectivity index is 2.29. The predicted molar refractivity (Wildman–Crippen MR) is 81.4 cm³/mol. The third kappa shape index (κ3) is 1.92. The Morgan fingerprint density at radius 3 is 2.80 bits per heavy atom. The minimum atomic E-state index is 0.394. The van der Waals surface area contributed by atoms with Crippen LogP contribution in [-0.4, -0.2) is 21.7 Å². The molecule has 3 aromatic rings. The Hall–Kier alpha value is -2.08. The van der Waals surface area contributed by atoms with Crippen molar-refractivity contribution in [2.24, 2.45) is 0 Å². The van der Waals surface area contributed by atoms with Crippen molar-refractivity contribution < 1.29 is 4.74 Å². The Morgan fingerprint density at radius 2 is 2.10 bits per heavy atom. The fourth-order valence-corrected chi connectivity index (χ4v) is 3.20. The van der Waals surface area contributed by atoms with Gasteiger partial charge in [0.25, 0.3) is 0 Å². The molecule has 0 radical (unpaired) electrons. The summed E-state index contributed by atoms with van der Waals surface area (Å²) in [5.41, 5.74) is 8.63. The number of nitrogen functional groups attached to an aromatic ring is 1. The van der Waals surface area contributed by atoms with E-state index < -0.39 is 0 Å². The summed E-state index contributed by atoms with van der Waals surface area (Å²) in [6, 6.07) is 5.54. The molecule has 0 bridgehead atoms. The van der Waals surface area contributed by atoms with Crippen molar-refractivity contribution in [3.63, 3.8) is 0 Å². The van der Waals surface area contributed by atoms with Gasteiger partial charge in [-0.1, -0.05) is 13.8 Å². The Morgan fingerprint density at radius 1 is 1.30 bits per heavy atom. The molecule has 6 heteroatoms. The maximum atomic E-state index is 5.90. The number of methoxy groups -OCH3 is 1. The Bertz CT molecular complexity index is 760. The summed E-state index contributed by atoms with van der Waals surface area (Å²) in [4.78, 5) is 0.883. The second kappa shape index (κ2) is 4.79. The molecule has 0 fully saturated rings. The highest BCUT2D eigenvalue weighted by molar-refractivity contribution is 7.15. The number of thiazole rings is 1. The summed E-state index contributed by atoms with van der Waals surface area (Å²) >= 11 is 1.59. The molecule has 0 aliphatic rings. The van der Waals surface area contributed by atoms with E-state index in [9.17, 15) is 0 Å². The highest BCUT2D eigenvalue weighted by Gasteiger charge is 2.18. The monoisotopic (exact) mass is 288 g/mol. The van der Waals surface area contributed by atoms with Gasteiger partial charge in [-0.25, -0.2) is 0 Å². The first kappa shape index (κ1) is 12.9. The van der Waals surface area contributed by atoms with Gasteiger partial charge in [-0.15, -0.1) is 21.5 Å². The summed E-state index contributed by atoms with van der Waals surface area (Å²) < 4.78 is 7.49. The van der Waals surface area contributed by atoms with Crippen LogP contribution in [0.25, 0.3) is 16.3 Å². The molecule has 104 valence electrons. The van der Waals surface area contributed by atoms with Crippen LogP contribution in [-0.2, 0) is 0 Å². The van der Waals surface area contributed by atoms with Gasteiger partial charge >= 0.3 is 0 Å². The molecule has 0 saturated carbocycles. The first-order chi connectivity index (χ1) is 9.61. The van der Waals surface area contributed by atoms with E-state index in [4.69, 9.17) is 10.5 Å². The molecule has 3 rings (SSSR count). The largest absolute Gasteiger partial charge is 0.496 e. The van der Waals surface area contributed by atoms with E-state index in [1.807, 2.05) is 18.2 Å². The normalized spacial score (nSPS) is 11.4. The molecule has 2 N–H and O–H groups in total. The zero-order valence-electron chi connectivity index (χ0n) is 11.6. The topological polar surface area (TPSA) is 65.4 Å². The number of hydrogen-bond acceptors (Lipinski definition) is 5. The number of aromatic nitrogens is 3. The van der Waals surface area contributed by atoms with Gasteiger partial charge in [0, 0.05) is 16.8 Å². The molecule has 1 aromatic carbocycles. The second-order valence-electron chi connectivity index (χ2n) is 4.92. The van der Waals surface area contributed by atoms with Gasteiger partial charge in [0.15, 0.2) is 5.82 Å². The van der Waals surface area contributed by atoms with Gasteiger partial charge in [-0.05, 0) is 24.1 Å². The SMILES string of the molecule is COc1ccc(N)cc1-c1nnc2scc(C(C)C)n12.